The van der Waals surface area contributed by atoms with Crippen molar-refractivity contribution in [1.82, 2.24) is 0 Å². The van der Waals surface area contributed by atoms with E-state index in [2.05, 4.69) is 35.9 Å². The lowest BCUT2D eigenvalue weighted by molar-refractivity contribution is -0.144. The maximum atomic E-state index is 10.3. The van der Waals surface area contributed by atoms with Crippen molar-refractivity contribution in [3.05, 3.63) is 35.9 Å². The summed E-state index contributed by atoms with van der Waals surface area (Å²) >= 11 is 0. The van der Waals surface area contributed by atoms with E-state index in [-0.39, 0.29) is 11.9 Å². The Kier molecular flexibility index (Phi) is 7.33. The van der Waals surface area contributed by atoms with E-state index in [1.54, 1.807) is 13.8 Å². The van der Waals surface area contributed by atoms with Crippen molar-refractivity contribution in [2.45, 2.75) is 27.2 Å². The Balaban J connectivity index is 0.000000265. The third-order valence-electron chi connectivity index (χ3n) is 1.92. The number of hydrogen-bond donors (Lipinski definition) is 0. The van der Waals surface area contributed by atoms with Crippen LogP contribution in [0.2, 0.25) is 0 Å². The van der Waals surface area contributed by atoms with Crippen LogP contribution < -0.4 is 0 Å². The summed E-state index contributed by atoms with van der Waals surface area (Å²) in [5.41, 5.74) is 1.41. The van der Waals surface area contributed by atoms with Gasteiger partial charge in [0, 0.05) is 0 Å². The van der Waals surface area contributed by atoms with Crippen molar-refractivity contribution in [3.63, 3.8) is 0 Å². The lowest BCUT2D eigenvalue weighted by Crippen LogP contribution is -2.07. The largest absolute Gasteiger partial charge is 0.469 e. The average Bonchev–Trinajstić information content (AvgIpc) is 2.29. The highest BCUT2D eigenvalue weighted by Gasteiger charge is 2.03. The maximum absolute atomic E-state index is 10.3. The average molecular weight is 208 g/mol. The SMILES string of the molecule is CCc1ccccc1.COC(=O)C(C)C. The Bertz CT molecular complexity index is 265. The monoisotopic (exact) mass is 208 g/mol. The van der Waals surface area contributed by atoms with Gasteiger partial charge in [-0.3, -0.25) is 4.79 Å². The molecule has 0 aliphatic rings. The number of carbonyl (C=O) groups is 1. The van der Waals surface area contributed by atoms with Crippen molar-refractivity contribution in [2.75, 3.05) is 7.11 Å². The highest BCUT2D eigenvalue weighted by Crippen LogP contribution is 1.96. The van der Waals surface area contributed by atoms with Gasteiger partial charge in [0.25, 0.3) is 0 Å². The molecule has 2 nitrogen and oxygen atoms in total. The zero-order chi connectivity index (χ0) is 11.7. The summed E-state index contributed by atoms with van der Waals surface area (Å²) in [5.74, 6) is -0.148. The Morgan fingerprint density at radius 1 is 1.27 bits per heavy atom. The molecule has 0 amide bonds. The molecular formula is C13H20O2. The van der Waals surface area contributed by atoms with E-state index >= 15 is 0 Å². The highest BCUT2D eigenvalue weighted by atomic mass is 16.5. The summed E-state index contributed by atoms with van der Waals surface area (Å²) in [5, 5.41) is 0. The van der Waals surface area contributed by atoms with E-state index in [1.807, 2.05) is 6.07 Å². The maximum Gasteiger partial charge on any atom is 0.308 e. The fourth-order valence-electron chi connectivity index (χ4n) is 0.949. The van der Waals surface area contributed by atoms with Crippen LogP contribution in [0.5, 0.6) is 0 Å². The highest BCUT2D eigenvalue weighted by molar-refractivity contribution is 5.71. The Morgan fingerprint density at radius 2 is 1.80 bits per heavy atom. The van der Waals surface area contributed by atoms with Gasteiger partial charge in [0.1, 0.15) is 0 Å². The summed E-state index contributed by atoms with van der Waals surface area (Å²) in [7, 11) is 1.39. The van der Waals surface area contributed by atoms with Crippen molar-refractivity contribution >= 4 is 5.97 Å². The molecule has 1 aromatic carbocycles. The van der Waals surface area contributed by atoms with Crippen LogP contribution in [0.4, 0.5) is 0 Å². The van der Waals surface area contributed by atoms with E-state index in [0.29, 0.717) is 0 Å². The molecule has 0 aromatic heterocycles. The second kappa shape index (κ2) is 8.04. The van der Waals surface area contributed by atoms with Crippen molar-refractivity contribution in [3.8, 4) is 0 Å². The number of aryl methyl sites for hydroxylation is 1. The molecule has 0 N–H and O–H groups in total. The second-order valence-electron chi connectivity index (χ2n) is 3.52. The lowest BCUT2D eigenvalue weighted by atomic mass is 10.2. The van der Waals surface area contributed by atoms with Gasteiger partial charge in [-0.05, 0) is 12.0 Å². The zero-order valence-corrected chi connectivity index (χ0v) is 9.99. The van der Waals surface area contributed by atoms with Crippen LogP contribution in [0.1, 0.15) is 26.3 Å². The molecule has 15 heavy (non-hydrogen) atoms. The molecule has 0 atom stereocenters. The fourth-order valence-corrected chi connectivity index (χ4v) is 0.949. The molecule has 1 rings (SSSR count). The minimum Gasteiger partial charge on any atom is -0.469 e. The van der Waals surface area contributed by atoms with Gasteiger partial charge in [-0.25, -0.2) is 0 Å². The number of hydrogen-bond acceptors (Lipinski definition) is 2. The first-order valence-corrected chi connectivity index (χ1v) is 5.23. The summed E-state index contributed by atoms with van der Waals surface area (Å²) in [6.07, 6.45) is 1.14. The normalized spacial score (nSPS) is 9.13. The second-order valence-corrected chi connectivity index (χ2v) is 3.52. The van der Waals surface area contributed by atoms with Crippen LogP contribution in [0, 0.1) is 5.92 Å². The third kappa shape index (κ3) is 6.72. The van der Waals surface area contributed by atoms with Gasteiger partial charge in [0.05, 0.1) is 13.0 Å². The molecule has 84 valence electrons. The lowest BCUT2D eigenvalue weighted by Gasteiger charge is -1.97. The molecule has 0 saturated carbocycles. The predicted molar refractivity (Wildman–Crippen MR) is 62.7 cm³/mol. The van der Waals surface area contributed by atoms with Crippen LogP contribution in [-0.2, 0) is 16.0 Å². The molecule has 2 heteroatoms. The number of benzene rings is 1. The summed E-state index contributed by atoms with van der Waals surface area (Å²) in [6.45, 7) is 5.76. The molecule has 1 aromatic rings. The van der Waals surface area contributed by atoms with Crippen LogP contribution in [0.25, 0.3) is 0 Å². The Morgan fingerprint density at radius 3 is 2.00 bits per heavy atom. The van der Waals surface area contributed by atoms with Crippen molar-refractivity contribution in [1.29, 1.82) is 0 Å². The van der Waals surface area contributed by atoms with E-state index in [4.69, 9.17) is 0 Å². The van der Waals surface area contributed by atoms with Crippen LogP contribution in [-0.4, -0.2) is 13.1 Å². The quantitative estimate of drug-likeness (QED) is 0.698. The molecule has 0 radical (unpaired) electrons. The molecule has 0 spiro atoms. The molecule has 0 aliphatic carbocycles. The van der Waals surface area contributed by atoms with Gasteiger partial charge >= 0.3 is 5.97 Å². The molecule has 0 fully saturated rings. The fraction of sp³-hybridized carbons (Fsp3) is 0.462. The van der Waals surface area contributed by atoms with Crippen LogP contribution >= 0.6 is 0 Å². The Hall–Kier alpha value is -1.31. The smallest absolute Gasteiger partial charge is 0.308 e. The molecule has 0 bridgehead atoms. The van der Waals surface area contributed by atoms with E-state index in [0.717, 1.165) is 6.42 Å². The number of carbonyl (C=O) groups excluding carboxylic acids is 1. The minimum atomic E-state index is -0.153. The number of esters is 1. The first-order valence-electron chi connectivity index (χ1n) is 5.23. The molecule has 0 unspecified atom stereocenters. The first-order chi connectivity index (χ1) is 7.11. The number of methoxy groups -OCH3 is 1. The van der Waals surface area contributed by atoms with E-state index in [9.17, 15) is 4.79 Å². The standard InChI is InChI=1S/C8H10.C5H10O2/c1-2-8-6-4-3-5-7-8;1-4(2)5(6)7-3/h3-7H,2H2,1H3;4H,1-3H3. The van der Waals surface area contributed by atoms with Gasteiger partial charge in [-0.2, -0.15) is 0 Å². The molecule has 0 aliphatic heterocycles. The van der Waals surface area contributed by atoms with Gasteiger partial charge in [-0.1, -0.05) is 51.1 Å². The van der Waals surface area contributed by atoms with Crippen molar-refractivity contribution < 1.29 is 9.53 Å². The van der Waals surface area contributed by atoms with Gasteiger partial charge in [0.2, 0.25) is 0 Å². The van der Waals surface area contributed by atoms with E-state index < -0.39 is 0 Å². The third-order valence-corrected chi connectivity index (χ3v) is 1.92. The molecule has 0 saturated heterocycles. The summed E-state index contributed by atoms with van der Waals surface area (Å²) in [6, 6.07) is 10.5. The minimum absolute atomic E-state index is 0.00463. The van der Waals surface area contributed by atoms with Crippen LogP contribution in [0.3, 0.4) is 0 Å². The van der Waals surface area contributed by atoms with Crippen LogP contribution in [0.15, 0.2) is 30.3 Å². The van der Waals surface area contributed by atoms with Crippen molar-refractivity contribution in [2.24, 2.45) is 5.92 Å². The topological polar surface area (TPSA) is 26.3 Å². The summed E-state index contributed by atoms with van der Waals surface area (Å²) < 4.78 is 4.37. The number of ether oxygens (including phenoxy) is 1. The number of rotatable bonds is 2. The van der Waals surface area contributed by atoms with Gasteiger partial charge in [-0.15, -0.1) is 0 Å². The predicted octanol–water partition coefficient (Wildman–Crippen LogP) is 3.06. The first kappa shape index (κ1) is 13.7. The van der Waals surface area contributed by atoms with Gasteiger partial charge < -0.3 is 4.74 Å². The molecular weight excluding hydrogens is 188 g/mol. The molecule has 0 heterocycles. The summed E-state index contributed by atoms with van der Waals surface area (Å²) in [4.78, 5) is 10.3. The van der Waals surface area contributed by atoms with Gasteiger partial charge in [0.15, 0.2) is 0 Å². The van der Waals surface area contributed by atoms with E-state index in [1.165, 1.54) is 12.7 Å². The Labute approximate surface area is 92.3 Å². The zero-order valence-electron chi connectivity index (χ0n) is 9.99.